The zero-order valence-electron chi connectivity index (χ0n) is 22.7. The molecule has 0 bridgehead atoms. The SMILES string of the molecule is CN1CCN(CCc2ccc(NC(=O)c3cn(-c4nccc(-c5cccc(N(C)C)c5)n4)nc3N)cc2)CC1. The second-order valence-corrected chi connectivity index (χ2v) is 10.1. The molecule has 3 N–H and O–H groups in total. The molecule has 5 rings (SSSR count). The van der Waals surface area contributed by atoms with Crippen LogP contribution in [-0.4, -0.2) is 89.3 Å². The van der Waals surface area contributed by atoms with Crippen LogP contribution in [0.3, 0.4) is 0 Å². The maximum atomic E-state index is 13.0. The highest BCUT2D eigenvalue weighted by molar-refractivity contribution is 6.07. The highest BCUT2D eigenvalue weighted by Crippen LogP contribution is 2.23. The number of carbonyl (C=O) groups is 1. The van der Waals surface area contributed by atoms with Crippen LogP contribution < -0.4 is 16.0 Å². The highest BCUT2D eigenvalue weighted by atomic mass is 16.1. The van der Waals surface area contributed by atoms with Crippen molar-refractivity contribution < 1.29 is 4.79 Å². The number of nitrogens with two attached hydrogens (primary N) is 1. The van der Waals surface area contributed by atoms with Crippen LogP contribution in [-0.2, 0) is 6.42 Å². The summed E-state index contributed by atoms with van der Waals surface area (Å²) in [7, 11) is 6.15. The summed E-state index contributed by atoms with van der Waals surface area (Å²) in [6.07, 6.45) is 4.21. The Morgan fingerprint density at radius 2 is 1.82 bits per heavy atom. The summed E-state index contributed by atoms with van der Waals surface area (Å²) >= 11 is 0. The number of nitrogens with one attached hydrogen (secondary N) is 1. The molecule has 0 atom stereocenters. The van der Waals surface area contributed by atoms with Gasteiger partial charge in [-0.05, 0) is 49.4 Å². The van der Waals surface area contributed by atoms with Gasteiger partial charge in [-0.15, -0.1) is 5.10 Å². The molecule has 202 valence electrons. The van der Waals surface area contributed by atoms with Crippen molar-refractivity contribution in [2.24, 2.45) is 0 Å². The fraction of sp³-hybridized carbons (Fsp3) is 0.310. The molecule has 1 aliphatic rings. The van der Waals surface area contributed by atoms with Gasteiger partial charge in [-0.1, -0.05) is 24.3 Å². The van der Waals surface area contributed by atoms with E-state index < -0.39 is 0 Å². The molecule has 2 aromatic heterocycles. The molecule has 10 nitrogen and oxygen atoms in total. The van der Waals surface area contributed by atoms with Gasteiger partial charge in [0, 0.05) is 76.2 Å². The molecule has 1 amide bonds. The quantitative estimate of drug-likeness (QED) is 0.362. The molecule has 1 fully saturated rings. The Morgan fingerprint density at radius 3 is 2.56 bits per heavy atom. The van der Waals surface area contributed by atoms with Gasteiger partial charge in [0.15, 0.2) is 5.82 Å². The summed E-state index contributed by atoms with van der Waals surface area (Å²) in [6, 6.07) is 17.9. The number of amides is 1. The van der Waals surface area contributed by atoms with Crippen molar-refractivity contribution in [1.82, 2.24) is 29.5 Å². The summed E-state index contributed by atoms with van der Waals surface area (Å²) in [5, 5.41) is 7.23. The lowest BCUT2D eigenvalue weighted by Gasteiger charge is -2.32. The minimum Gasteiger partial charge on any atom is -0.382 e. The monoisotopic (exact) mass is 525 g/mol. The van der Waals surface area contributed by atoms with Gasteiger partial charge < -0.3 is 25.8 Å². The number of hydrogen-bond donors (Lipinski definition) is 2. The Bertz CT molecular complexity index is 1420. The van der Waals surface area contributed by atoms with Crippen molar-refractivity contribution in [3.8, 4) is 17.2 Å². The predicted octanol–water partition coefficient (Wildman–Crippen LogP) is 3.02. The lowest BCUT2D eigenvalue weighted by molar-refractivity contribution is 0.102. The van der Waals surface area contributed by atoms with Gasteiger partial charge in [0.05, 0.1) is 5.69 Å². The van der Waals surface area contributed by atoms with Crippen LogP contribution in [0.5, 0.6) is 0 Å². The van der Waals surface area contributed by atoms with Crippen molar-refractivity contribution in [3.63, 3.8) is 0 Å². The Kier molecular flexibility index (Phi) is 7.85. The standard InChI is InChI=1S/C29H35N9O/c1-35(2)24-6-4-5-22(19-24)26-11-13-31-29(33-26)38-20-25(27(30)34-38)28(39)32-23-9-7-21(8-10-23)12-14-37-17-15-36(3)16-18-37/h4-11,13,19-20H,12,14-18H2,1-3H3,(H2,30,34)(H,32,39). The maximum Gasteiger partial charge on any atom is 0.261 e. The molecule has 4 aromatic rings. The number of benzene rings is 2. The number of aromatic nitrogens is 4. The van der Waals surface area contributed by atoms with Gasteiger partial charge in [-0.25, -0.2) is 14.6 Å². The first-order chi connectivity index (χ1) is 18.9. The molecule has 2 aromatic carbocycles. The summed E-state index contributed by atoms with van der Waals surface area (Å²) in [4.78, 5) is 28.9. The summed E-state index contributed by atoms with van der Waals surface area (Å²) < 4.78 is 1.44. The fourth-order valence-corrected chi connectivity index (χ4v) is 4.54. The van der Waals surface area contributed by atoms with Crippen LogP contribution in [0.4, 0.5) is 17.2 Å². The van der Waals surface area contributed by atoms with Gasteiger partial charge in [-0.2, -0.15) is 0 Å². The molecule has 10 heteroatoms. The Hall–Kier alpha value is -4.28. The third-order valence-corrected chi connectivity index (χ3v) is 7.02. The first-order valence-corrected chi connectivity index (χ1v) is 13.1. The third kappa shape index (κ3) is 6.42. The molecule has 0 radical (unpaired) electrons. The van der Waals surface area contributed by atoms with Crippen LogP contribution in [0, 0.1) is 0 Å². The van der Waals surface area contributed by atoms with Crippen LogP contribution in [0.1, 0.15) is 15.9 Å². The second kappa shape index (κ2) is 11.6. The summed E-state index contributed by atoms with van der Waals surface area (Å²) in [6.45, 7) is 5.50. The number of anilines is 3. The molecule has 39 heavy (non-hydrogen) atoms. The summed E-state index contributed by atoms with van der Waals surface area (Å²) in [5.74, 6) is 0.108. The summed E-state index contributed by atoms with van der Waals surface area (Å²) in [5.41, 5.74) is 11.1. The minimum absolute atomic E-state index is 0.111. The van der Waals surface area contributed by atoms with Crippen molar-refractivity contribution in [3.05, 3.63) is 78.1 Å². The van der Waals surface area contributed by atoms with E-state index in [2.05, 4.69) is 55.4 Å². The molecule has 0 aliphatic carbocycles. The van der Waals surface area contributed by atoms with Gasteiger partial charge in [-0.3, -0.25) is 4.79 Å². The predicted molar refractivity (Wildman–Crippen MR) is 155 cm³/mol. The van der Waals surface area contributed by atoms with Gasteiger partial charge in [0.1, 0.15) is 5.56 Å². The van der Waals surface area contributed by atoms with Gasteiger partial charge in [0.25, 0.3) is 11.9 Å². The van der Waals surface area contributed by atoms with E-state index in [4.69, 9.17) is 5.73 Å². The van der Waals surface area contributed by atoms with Crippen LogP contribution in [0.15, 0.2) is 67.0 Å². The molecular formula is C29H35N9O. The van der Waals surface area contributed by atoms with Crippen molar-refractivity contribution >= 4 is 23.1 Å². The van der Waals surface area contributed by atoms with Crippen molar-refractivity contribution in [2.75, 3.05) is 69.8 Å². The largest absolute Gasteiger partial charge is 0.382 e. The third-order valence-electron chi connectivity index (χ3n) is 7.02. The number of nitrogens with zero attached hydrogens (tertiary/aromatic N) is 7. The van der Waals surface area contributed by atoms with Gasteiger partial charge >= 0.3 is 0 Å². The smallest absolute Gasteiger partial charge is 0.261 e. The molecular weight excluding hydrogens is 490 g/mol. The van der Waals surface area contributed by atoms with E-state index in [9.17, 15) is 4.79 Å². The maximum absolute atomic E-state index is 13.0. The lowest BCUT2D eigenvalue weighted by atomic mass is 10.1. The molecule has 0 spiro atoms. The van der Waals surface area contributed by atoms with E-state index in [1.807, 2.05) is 55.4 Å². The van der Waals surface area contributed by atoms with E-state index in [1.54, 1.807) is 12.4 Å². The van der Waals surface area contributed by atoms with E-state index in [1.165, 1.54) is 10.2 Å². The zero-order valence-corrected chi connectivity index (χ0v) is 22.7. The average Bonchev–Trinajstić information content (AvgIpc) is 3.35. The van der Waals surface area contributed by atoms with Crippen molar-refractivity contribution in [1.29, 1.82) is 0 Å². The lowest BCUT2D eigenvalue weighted by Crippen LogP contribution is -2.45. The van der Waals surface area contributed by atoms with E-state index in [0.717, 1.165) is 56.1 Å². The Morgan fingerprint density at radius 1 is 1.05 bits per heavy atom. The van der Waals surface area contributed by atoms with Crippen molar-refractivity contribution in [2.45, 2.75) is 6.42 Å². The van der Waals surface area contributed by atoms with E-state index in [0.29, 0.717) is 11.6 Å². The average molecular weight is 526 g/mol. The molecule has 1 saturated heterocycles. The van der Waals surface area contributed by atoms with Crippen LogP contribution in [0.25, 0.3) is 17.2 Å². The number of likely N-dealkylation sites (N-methyl/N-ethyl adjacent to an activating group) is 1. The molecule has 0 unspecified atom stereocenters. The second-order valence-electron chi connectivity index (χ2n) is 10.1. The zero-order chi connectivity index (χ0) is 27.4. The number of nitrogen functional groups attached to an aromatic ring is 1. The Balaban J connectivity index is 1.24. The first kappa shape index (κ1) is 26.3. The molecule has 3 heterocycles. The number of piperazine rings is 1. The van der Waals surface area contributed by atoms with Crippen LogP contribution >= 0.6 is 0 Å². The van der Waals surface area contributed by atoms with Crippen LogP contribution in [0.2, 0.25) is 0 Å². The van der Waals surface area contributed by atoms with E-state index >= 15 is 0 Å². The molecule has 0 saturated carbocycles. The molecule has 1 aliphatic heterocycles. The fourth-order valence-electron chi connectivity index (χ4n) is 4.54. The van der Waals surface area contributed by atoms with Gasteiger partial charge in [0.2, 0.25) is 0 Å². The van der Waals surface area contributed by atoms with E-state index in [-0.39, 0.29) is 17.3 Å². The number of hydrogen-bond acceptors (Lipinski definition) is 8. The minimum atomic E-state index is -0.334. The Labute approximate surface area is 229 Å². The topological polar surface area (TPSA) is 108 Å². The highest BCUT2D eigenvalue weighted by Gasteiger charge is 2.17. The number of rotatable bonds is 8. The number of carbonyl (C=O) groups excluding carboxylic acids is 1. The first-order valence-electron chi connectivity index (χ1n) is 13.1. The normalized spacial score (nSPS) is 14.3.